The van der Waals surface area contributed by atoms with Crippen LogP contribution >= 0.6 is 11.6 Å². The van der Waals surface area contributed by atoms with E-state index in [2.05, 4.69) is 9.97 Å². The predicted molar refractivity (Wildman–Crippen MR) is 96.9 cm³/mol. The number of ketones is 1. The minimum Gasteiger partial charge on any atom is -0.493 e. The van der Waals surface area contributed by atoms with E-state index in [1.807, 2.05) is 0 Å². The molecule has 26 heavy (non-hydrogen) atoms. The third-order valence-electron chi connectivity index (χ3n) is 3.81. The average Bonchev–Trinajstić information content (AvgIpc) is 2.66. The largest absolute Gasteiger partial charge is 0.493 e. The Kier molecular flexibility index (Phi) is 4.81. The molecule has 2 aromatic carbocycles. The number of ether oxygens (including phenoxy) is 3. The Morgan fingerprint density at radius 3 is 2.27 bits per heavy atom. The van der Waals surface area contributed by atoms with E-state index in [1.54, 1.807) is 12.1 Å². The Balaban J connectivity index is 2.14. The Morgan fingerprint density at radius 2 is 1.69 bits per heavy atom. The van der Waals surface area contributed by atoms with Gasteiger partial charge in [-0.3, -0.25) is 9.59 Å². The quantitative estimate of drug-likeness (QED) is 0.690. The van der Waals surface area contributed by atoms with E-state index >= 15 is 0 Å². The monoisotopic (exact) mass is 374 g/mol. The number of rotatable bonds is 5. The van der Waals surface area contributed by atoms with E-state index in [0.29, 0.717) is 33.2 Å². The van der Waals surface area contributed by atoms with Gasteiger partial charge in [-0.25, -0.2) is 4.98 Å². The number of H-pyrrole nitrogens is 1. The molecule has 0 saturated heterocycles. The third kappa shape index (κ3) is 3.09. The predicted octanol–water partition coefficient (Wildman–Crippen LogP) is 2.83. The van der Waals surface area contributed by atoms with Gasteiger partial charge in [0.2, 0.25) is 11.5 Å². The highest BCUT2D eigenvalue weighted by Gasteiger charge is 2.20. The van der Waals surface area contributed by atoms with Crippen molar-refractivity contribution >= 4 is 28.3 Å². The van der Waals surface area contributed by atoms with Crippen molar-refractivity contribution in [1.29, 1.82) is 0 Å². The molecule has 0 radical (unpaired) electrons. The number of benzene rings is 2. The summed E-state index contributed by atoms with van der Waals surface area (Å²) in [6.45, 7) is 0. The SMILES string of the molecule is COc1cc(C(=O)c2nc3ccc(Cl)cc3c(=O)[nH]2)cc(OC)c1OC. The Bertz CT molecular complexity index is 1040. The molecular weight excluding hydrogens is 360 g/mol. The molecule has 0 unspecified atom stereocenters. The number of carbonyl (C=O) groups is 1. The zero-order chi connectivity index (χ0) is 18.8. The molecule has 134 valence electrons. The summed E-state index contributed by atoms with van der Waals surface area (Å²) in [6.07, 6.45) is 0. The van der Waals surface area contributed by atoms with Crippen molar-refractivity contribution in [2.75, 3.05) is 21.3 Å². The fourth-order valence-electron chi connectivity index (χ4n) is 2.57. The highest BCUT2D eigenvalue weighted by molar-refractivity contribution is 6.31. The fraction of sp³-hybridized carbons (Fsp3) is 0.167. The van der Waals surface area contributed by atoms with Crippen LogP contribution in [0.3, 0.4) is 0 Å². The molecule has 0 aliphatic rings. The lowest BCUT2D eigenvalue weighted by molar-refractivity contribution is 0.102. The molecule has 1 aromatic heterocycles. The number of aromatic amines is 1. The molecule has 1 N–H and O–H groups in total. The molecule has 0 aliphatic heterocycles. The number of hydrogen-bond donors (Lipinski definition) is 1. The minimum atomic E-state index is -0.488. The van der Waals surface area contributed by atoms with Gasteiger partial charge >= 0.3 is 0 Å². The summed E-state index contributed by atoms with van der Waals surface area (Å²) in [5.41, 5.74) is 0.151. The second-order valence-electron chi connectivity index (χ2n) is 5.32. The van der Waals surface area contributed by atoms with Gasteiger partial charge in [-0.15, -0.1) is 0 Å². The zero-order valence-electron chi connectivity index (χ0n) is 14.3. The summed E-state index contributed by atoms with van der Waals surface area (Å²) in [6, 6.07) is 7.67. The summed E-state index contributed by atoms with van der Waals surface area (Å²) in [7, 11) is 4.37. The number of halogens is 1. The van der Waals surface area contributed by atoms with Crippen LogP contribution in [0.2, 0.25) is 5.02 Å². The van der Waals surface area contributed by atoms with E-state index in [4.69, 9.17) is 25.8 Å². The van der Waals surface area contributed by atoms with Gasteiger partial charge in [-0.1, -0.05) is 11.6 Å². The first-order valence-corrected chi connectivity index (χ1v) is 7.90. The van der Waals surface area contributed by atoms with Crippen LogP contribution < -0.4 is 19.8 Å². The number of nitrogens with one attached hydrogen (secondary N) is 1. The first-order valence-electron chi connectivity index (χ1n) is 7.52. The summed E-state index contributed by atoms with van der Waals surface area (Å²) in [4.78, 5) is 31.8. The highest BCUT2D eigenvalue weighted by Crippen LogP contribution is 2.38. The van der Waals surface area contributed by atoms with Gasteiger partial charge in [-0.05, 0) is 30.3 Å². The first kappa shape index (κ1) is 17.8. The molecule has 1 heterocycles. The van der Waals surface area contributed by atoms with Crippen molar-refractivity contribution in [2.45, 2.75) is 0 Å². The van der Waals surface area contributed by atoms with Gasteiger partial charge in [0.1, 0.15) is 0 Å². The second kappa shape index (κ2) is 7.05. The maximum Gasteiger partial charge on any atom is 0.259 e. The Hall–Kier alpha value is -3.06. The van der Waals surface area contributed by atoms with Gasteiger partial charge in [0.15, 0.2) is 17.3 Å². The Labute approximate surface area is 153 Å². The Morgan fingerprint density at radius 1 is 1.04 bits per heavy atom. The number of hydrogen-bond acceptors (Lipinski definition) is 6. The minimum absolute atomic E-state index is 0.0981. The van der Waals surface area contributed by atoms with Gasteiger partial charge in [0.25, 0.3) is 5.56 Å². The van der Waals surface area contributed by atoms with E-state index in [0.717, 1.165) is 0 Å². The molecule has 8 heteroatoms. The van der Waals surface area contributed by atoms with Crippen molar-refractivity contribution in [3.63, 3.8) is 0 Å². The van der Waals surface area contributed by atoms with Crippen LogP contribution in [0.4, 0.5) is 0 Å². The van der Waals surface area contributed by atoms with Gasteiger partial charge in [0.05, 0.1) is 32.2 Å². The van der Waals surface area contributed by atoms with Crippen molar-refractivity contribution < 1.29 is 19.0 Å². The topological polar surface area (TPSA) is 90.5 Å². The third-order valence-corrected chi connectivity index (χ3v) is 4.04. The molecule has 7 nitrogen and oxygen atoms in total. The number of methoxy groups -OCH3 is 3. The fourth-order valence-corrected chi connectivity index (χ4v) is 2.74. The van der Waals surface area contributed by atoms with Crippen LogP contribution in [0, 0.1) is 0 Å². The first-order chi connectivity index (χ1) is 12.5. The van der Waals surface area contributed by atoms with E-state index in [-0.39, 0.29) is 11.4 Å². The summed E-state index contributed by atoms with van der Waals surface area (Å²) >= 11 is 5.90. The number of nitrogens with zero attached hydrogens (tertiary/aromatic N) is 1. The molecule has 3 aromatic rings. The molecule has 0 fully saturated rings. The van der Waals surface area contributed by atoms with Crippen molar-refractivity contribution in [1.82, 2.24) is 9.97 Å². The lowest BCUT2D eigenvalue weighted by Crippen LogP contribution is -2.17. The van der Waals surface area contributed by atoms with Gasteiger partial charge < -0.3 is 19.2 Å². The summed E-state index contributed by atoms with van der Waals surface area (Å²) in [5, 5.41) is 0.715. The molecule has 3 rings (SSSR count). The van der Waals surface area contributed by atoms with Crippen LogP contribution in [-0.4, -0.2) is 37.1 Å². The number of fused-ring (bicyclic) bond motifs is 1. The van der Waals surface area contributed by atoms with E-state index in [1.165, 1.54) is 39.5 Å². The van der Waals surface area contributed by atoms with Crippen molar-refractivity contribution in [3.05, 3.63) is 57.1 Å². The zero-order valence-corrected chi connectivity index (χ0v) is 15.0. The van der Waals surface area contributed by atoms with Crippen LogP contribution in [0.25, 0.3) is 10.9 Å². The molecule has 0 atom stereocenters. The normalized spacial score (nSPS) is 10.6. The number of carbonyl (C=O) groups excluding carboxylic acids is 1. The standard InChI is InChI=1S/C18H15ClN2O5/c1-24-13-6-9(7-14(25-2)16(13)26-3)15(22)17-20-12-5-4-10(19)8-11(12)18(23)21-17/h4-8H,1-3H3,(H,20,21,23). The molecule has 0 spiro atoms. The van der Waals surface area contributed by atoms with Gasteiger partial charge in [-0.2, -0.15) is 0 Å². The lowest BCUT2D eigenvalue weighted by Gasteiger charge is -2.13. The lowest BCUT2D eigenvalue weighted by atomic mass is 10.1. The summed E-state index contributed by atoms with van der Waals surface area (Å²) < 4.78 is 15.7. The van der Waals surface area contributed by atoms with Crippen LogP contribution in [0.15, 0.2) is 35.1 Å². The highest BCUT2D eigenvalue weighted by atomic mass is 35.5. The van der Waals surface area contributed by atoms with Crippen LogP contribution in [0.1, 0.15) is 16.2 Å². The maximum absolute atomic E-state index is 12.8. The molecule has 0 amide bonds. The molecule has 0 bridgehead atoms. The molecular formula is C18H15ClN2O5. The number of aromatic nitrogens is 2. The smallest absolute Gasteiger partial charge is 0.259 e. The molecule has 0 aliphatic carbocycles. The summed E-state index contributed by atoms with van der Waals surface area (Å²) in [5.74, 6) is 0.425. The second-order valence-corrected chi connectivity index (χ2v) is 5.76. The van der Waals surface area contributed by atoms with E-state index < -0.39 is 11.3 Å². The van der Waals surface area contributed by atoms with Crippen molar-refractivity contribution in [2.24, 2.45) is 0 Å². The average molecular weight is 375 g/mol. The van der Waals surface area contributed by atoms with Gasteiger partial charge in [0, 0.05) is 10.6 Å². The van der Waals surface area contributed by atoms with Crippen molar-refractivity contribution in [3.8, 4) is 17.2 Å². The van der Waals surface area contributed by atoms with E-state index in [9.17, 15) is 9.59 Å². The maximum atomic E-state index is 12.8. The molecule has 0 saturated carbocycles. The van der Waals surface area contributed by atoms with Crippen LogP contribution in [-0.2, 0) is 0 Å². The van der Waals surface area contributed by atoms with Crippen LogP contribution in [0.5, 0.6) is 17.2 Å².